The predicted octanol–water partition coefficient (Wildman–Crippen LogP) is 5.37. The number of carbonyl (C=O) groups excluding carboxylic acids is 1. The van der Waals surface area contributed by atoms with Crippen molar-refractivity contribution in [3.63, 3.8) is 0 Å². The lowest BCUT2D eigenvalue weighted by Gasteiger charge is -2.42. The van der Waals surface area contributed by atoms with E-state index in [0.717, 1.165) is 31.2 Å². The molecule has 1 fully saturated rings. The predicted molar refractivity (Wildman–Crippen MR) is 112 cm³/mol. The van der Waals surface area contributed by atoms with Crippen molar-refractivity contribution >= 4 is 11.9 Å². The molecule has 0 heterocycles. The smallest absolute Gasteiger partial charge is 0.339 e. The molecule has 152 valence electrons. The summed E-state index contributed by atoms with van der Waals surface area (Å²) in [6, 6.07) is 12.8. The minimum absolute atomic E-state index is 0.00461. The summed E-state index contributed by atoms with van der Waals surface area (Å²) in [7, 11) is 0. The average Bonchev–Trinajstić information content (AvgIpc) is 3.48. The number of benzene rings is 2. The van der Waals surface area contributed by atoms with Crippen LogP contribution >= 0.6 is 0 Å². The van der Waals surface area contributed by atoms with Gasteiger partial charge in [0, 0.05) is 0 Å². The number of carbonyl (C=O) groups is 2. The molecule has 0 bridgehead atoms. The first kappa shape index (κ1) is 19.7. The SMILES string of the molecule is CC1(C)CCC(C)(C)c2cc(C3(C(=O)Oc4ccccc4C(=O)O)CC3)ccc21. The molecule has 0 unspecified atom stereocenters. The third-order valence-corrected chi connectivity index (χ3v) is 6.87. The summed E-state index contributed by atoms with van der Waals surface area (Å²) in [5.41, 5.74) is 3.19. The minimum Gasteiger partial charge on any atom is -0.478 e. The molecular formula is C25H28O4. The average molecular weight is 392 g/mol. The number of esters is 1. The standard InChI is InChI=1S/C25H28O4/c1-23(2)11-12-24(3,4)19-15-16(9-10-18(19)23)25(13-14-25)22(28)29-20-8-6-5-7-17(20)21(26)27/h5-10,15H,11-14H2,1-4H3,(H,26,27). The lowest BCUT2D eigenvalue weighted by atomic mass is 9.62. The number of fused-ring (bicyclic) bond motifs is 1. The second kappa shape index (κ2) is 6.45. The highest BCUT2D eigenvalue weighted by Crippen LogP contribution is 2.52. The van der Waals surface area contributed by atoms with Gasteiger partial charge in [0.05, 0.1) is 5.41 Å². The summed E-state index contributed by atoms with van der Waals surface area (Å²) in [4.78, 5) is 24.6. The summed E-state index contributed by atoms with van der Waals surface area (Å²) in [6.07, 6.45) is 3.71. The van der Waals surface area contributed by atoms with E-state index in [4.69, 9.17) is 4.74 Å². The van der Waals surface area contributed by atoms with Gasteiger partial charge < -0.3 is 9.84 Å². The molecule has 1 saturated carbocycles. The highest BCUT2D eigenvalue weighted by atomic mass is 16.5. The highest BCUT2D eigenvalue weighted by Gasteiger charge is 2.54. The van der Waals surface area contributed by atoms with Crippen molar-refractivity contribution in [2.24, 2.45) is 0 Å². The van der Waals surface area contributed by atoms with Gasteiger partial charge in [0.15, 0.2) is 0 Å². The second-order valence-electron chi connectivity index (χ2n) is 9.80. The fraction of sp³-hybridized carbons (Fsp3) is 0.440. The van der Waals surface area contributed by atoms with E-state index < -0.39 is 11.4 Å². The molecule has 2 aliphatic rings. The quantitative estimate of drug-likeness (QED) is 0.561. The lowest BCUT2D eigenvalue weighted by Crippen LogP contribution is -2.35. The summed E-state index contributed by atoms with van der Waals surface area (Å²) >= 11 is 0. The molecule has 0 amide bonds. The molecule has 4 heteroatoms. The van der Waals surface area contributed by atoms with Crippen LogP contribution in [0.4, 0.5) is 0 Å². The van der Waals surface area contributed by atoms with Crippen LogP contribution in [0.1, 0.15) is 80.4 Å². The summed E-state index contributed by atoms with van der Waals surface area (Å²) in [6.45, 7) is 9.10. The molecule has 1 N–H and O–H groups in total. The number of hydrogen-bond donors (Lipinski definition) is 1. The Hall–Kier alpha value is -2.62. The molecule has 0 spiro atoms. The molecular weight excluding hydrogens is 364 g/mol. The van der Waals surface area contributed by atoms with Gasteiger partial charge >= 0.3 is 11.9 Å². The topological polar surface area (TPSA) is 63.6 Å². The monoisotopic (exact) mass is 392 g/mol. The van der Waals surface area contributed by atoms with Crippen LogP contribution in [0.5, 0.6) is 5.75 Å². The third-order valence-electron chi connectivity index (χ3n) is 6.87. The molecule has 0 aromatic heterocycles. The fourth-order valence-electron chi connectivity index (χ4n) is 4.55. The van der Waals surface area contributed by atoms with E-state index in [1.807, 2.05) is 0 Å². The fourth-order valence-corrected chi connectivity index (χ4v) is 4.55. The van der Waals surface area contributed by atoms with E-state index in [2.05, 4.69) is 45.9 Å². The number of aromatic carboxylic acids is 1. The van der Waals surface area contributed by atoms with Crippen molar-refractivity contribution < 1.29 is 19.4 Å². The van der Waals surface area contributed by atoms with Crippen LogP contribution in [0.3, 0.4) is 0 Å². The van der Waals surface area contributed by atoms with Crippen LogP contribution < -0.4 is 4.74 Å². The van der Waals surface area contributed by atoms with Crippen LogP contribution in [0, 0.1) is 0 Å². The maximum absolute atomic E-state index is 13.1. The van der Waals surface area contributed by atoms with Crippen molar-refractivity contribution in [3.05, 3.63) is 64.7 Å². The number of carboxylic acids is 1. The van der Waals surface area contributed by atoms with E-state index in [-0.39, 0.29) is 28.1 Å². The zero-order chi connectivity index (χ0) is 21.0. The molecule has 2 aromatic carbocycles. The number of ether oxygens (including phenoxy) is 1. The van der Waals surface area contributed by atoms with Crippen LogP contribution in [0.25, 0.3) is 0 Å². The molecule has 2 aromatic rings. The minimum atomic E-state index is -1.10. The van der Waals surface area contributed by atoms with Gasteiger partial charge in [-0.1, -0.05) is 58.0 Å². The van der Waals surface area contributed by atoms with Crippen molar-refractivity contribution in [2.45, 2.75) is 69.6 Å². The van der Waals surface area contributed by atoms with E-state index >= 15 is 0 Å². The van der Waals surface area contributed by atoms with E-state index in [9.17, 15) is 14.7 Å². The van der Waals surface area contributed by atoms with E-state index in [1.54, 1.807) is 12.1 Å². The van der Waals surface area contributed by atoms with Crippen molar-refractivity contribution in [1.29, 1.82) is 0 Å². The Morgan fingerprint density at radius 1 is 0.862 bits per heavy atom. The van der Waals surface area contributed by atoms with Gasteiger partial charge in [-0.15, -0.1) is 0 Å². The molecule has 2 aliphatic carbocycles. The molecule has 29 heavy (non-hydrogen) atoms. The van der Waals surface area contributed by atoms with Crippen LogP contribution in [-0.2, 0) is 21.0 Å². The Morgan fingerprint density at radius 3 is 2.10 bits per heavy atom. The van der Waals surface area contributed by atoms with Gasteiger partial charge in [0.25, 0.3) is 0 Å². The molecule has 0 radical (unpaired) electrons. The Kier molecular flexibility index (Phi) is 4.38. The summed E-state index contributed by atoms with van der Waals surface area (Å²) in [5.74, 6) is -1.36. The Morgan fingerprint density at radius 2 is 1.48 bits per heavy atom. The van der Waals surface area contributed by atoms with Gasteiger partial charge in [0.1, 0.15) is 11.3 Å². The maximum atomic E-state index is 13.1. The zero-order valence-electron chi connectivity index (χ0n) is 17.5. The molecule has 0 atom stereocenters. The first-order chi connectivity index (χ1) is 13.6. The van der Waals surface area contributed by atoms with Gasteiger partial charge in [-0.2, -0.15) is 0 Å². The second-order valence-corrected chi connectivity index (χ2v) is 9.80. The zero-order valence-corrected chi connectivity index (χ0v) is 17.5. The number of para-hydroxylation sites is 1. The van der Waals surface area contributed by atoms with Crippen LogP contribution in [0.15, 0.2) is 42.5 Å². The molecule has 0 aliphatic heterocycles. The number of hydrogen-bond acceptors (Lipinski definition) is 3. The van der Waals surface area contributed by atoms with Crippen molar-refractivity contribution in [1.82, 2.24) is 0 Å². The Balaban J connectivity index is 1.69. The van der Waals surface area contributed by atoms with Gasteiger partial charge in [-0.3, -0.25) is 4.79 Å². The van der Waals surface area contributed by atoms with Crippen molar-refractivity contribution in [3.8, 4) is 5.75 Å². The van der Waals surface area contributed by atoms with Gasteiger partial charge in [-0.25, -0.2) is 4.79 Å². The van der Waals surface area contributed by atoms with Gasteiger partial charge in [0.2, 0.25) is 0 Å². The lowest BCUT2D eigenvalue weighted by molar-refractivity contribution is -0.137. The highest BCUT2D eigenvalue weighted by molar-refractivity contribution is 5.94. The Labute approximate surface area is 171 Å². The number of rotatable bonds is 4. The van der Waals surface area contributed by atoms with Crippen LogP contribution in [0.2, 0.25) is 0 Å². The molecule has 4 nitrogen and oxygen atoms in total. The van der Waals surface area contributed by atoms with E-state index in [0.29, 0.717) is 0 Å². The maximum Gasteiger partial charge on any atom is 0.339 e. The summed E-state index contributed by atoms with van der Waals surface area (Å²) < 4.78 is 5.61. The molecule has 0 saturated heterocycles. The number of carboxylic acid groups (broad SMARTS) is 1. The Bertz CT molecular complexity index is 996. The van der Waals surface area contributed by atoms with Crippen molar-refractivity contribution in [2.75, 3.05) is 0 Å². The van der Waals surface area contributed by atoms with Crippen LogP contribution in [-0.4, -0.2) is 17.0 Å². The largest absolute Gasteiger partial charge is 0.478 e. The molecule has 4 rings (SSSR count). The van der Waals surface area contributed by atoms with E-state index in [1.165, 1.54) is 23.3 Å². The first-order valence-corrected chi connectivity index (χ1v) is 10.3. The summed E-state index contributed by atoms with van der Waals surface area (Å²) in [5, 5.41) is 9.36. The first-order valence-electron chi connectivity index (χ1n) is 10.3. The van der Waals surface area contributed by atoms with Gasteiger partial charge in [-0.05, 0) is 65.3 Å². The normalized spacial score (nSPS) is 20.4. The third kappa shape index (κ3) is 3.25.